The Hall–Kier alpha value is -1.64. The van der Waals surface area contributed by atoms with Gasteiger partial charge < -0.3 is 5.73 Å². The summed E-state index contributed by atoms with van der Waals surface area (Å²) in [6.45, 7) is 0.364. The van der Waals surface area contributed by atoms with Crippen molar-refractivity contribution in [1.29, 1.82) is 0 Å². The molecule has 2 saturated heterocycles. The monoisotopic (exact) mass is 377 g/mol. The van der Waals surface area contributed by atoms with E-state index in [1.807, 2.05) is 24.3 Å². The molecule has 0 spiro atoms. The average Bonchev–Trinajstić information content (AvgIpc) is 3.38. The molecule has 1 aliphatic carbocycles. The Morgan fingerprint density at radius 2 is 1.85 bits per heavy atom. The lowest BCUT2D eigenvalue weighted by Gasteiger charge is -2.35. The molecule has 0 bridgehead atoms. The highest BCUT2D eigenvalue weighted by molar-refractivity contribution is 7.90. The van der Waals surface area contributed by atoms with E-state index in [-0.39, 0.29) is 12.1 Å². The summed E-state index contributed by atoms with van der Waals surface area (Å²) in [4.78, 5) is 14.4. The van der Waals surface area contributed by atoms with Crippen LogP contribution in [0.2, 0.25) is 0 Å². The van der Waals surface area contributed by atoms with Crippen LogP contribution >= 0.6 is 0 Å². The zero-order valence-corrected chi connectivity index (χ0v) is 16.0. The second-order valence-corrected chi connectivity index (χ2v) is 9.47. The molecule has 3 fully saturated rings. The van der Waals surface area contributed by atoms with Crippen molar-refractivity contribution in [3.05, 3.63) is 36.2 Å². The number of amides is 1. The second kappa shape index (κ2) is 5.68. The van der Waals surface area contributed by atoms with Gasteiger partial charge in [0.15, 0.2) is 0 Å². The number of primary amides is 1. The molecule has 2 aliphatic heterocycles. The largest absolute Gasteiger partial charge is 0.368 e. The molecule has 7 nitrogen and oxygen atoms in total. The van der Waals surface area contributed by atoms with E-state index >= 15 is 0 Å². The lowest BCUT2D eigenvalue weighted by molar-refractivity contribution is -0.125. The first-order chi connectivity index (χ1) is 12.2. The van der Waals surface area contributed by atoms with Crippen LogP contribution in [0, 0.1) is 6.42 Å². The van der Waals surface area contributed by atoms with E-state index in [0.717, 1.165) is 12.8 Å². The van der Waals surface area contributed by atoms with Crippen LogP contribution in [0.1, 0.15) is 31.2 Å². The van der Waals surface area contributed by atoms with E-state index in [0.29, 0.717) is 25.1 Å². The van der Waals surface area contributed by atoms with Gasteiger partial charge in [0.1, 0.15) is 5.54 Å². The summed E-state index contributed by atoms with van der Waals surface area (Å²) in [6, 6.07) is 7.67. The second-order valence-electron chi connectivity index (χ2n) is 7.69. The van der Waals surface area contributed by atoms with Crippen molar-refractivity contribution in [2.45, 2.75) is 36.8 Å². The predicted octanol–water partition coefficient (Wildman–Crippen LogP) is 0.826. The van der Waals surface area contributed by atoms with Gasteiger partial charge in [0.05, 0.1) is 12.2 Å². The van der Waals surface area contributed by atoms with Crippen LogP contribution in [-0.2, 0) is 20.5 Å². The van der Waals surface area contributed by atoms with Crippen molar-refractivity contribution in [3.63, 3.8) is 0 Å². The Labute approximate surface area is 154 Å². The SMILES string of the molecule is CN(C)C1(c2ccc(N3C[C@@]4(C(N)=O)[CH]CCCN4S3(=O)=O)cc2)CC1. The number of fused-ring (bicyclic) bond motifs is 1. The van der Waals surface area contributed by atoms with Gasteiger partial charge in [-0.05, 0) is 63.9 Å². The van der Waals surface area contributed by atoms with Gasteiger partial charge in [-0.25, -0.2) is 0 Å². The van der Waals surface area contributed by atoms with Crippen molar-refractivity contribution in [2.75, 3.05) is 31.5 Å². The number of anilines is 1. The van der Waals surface area contributed by atoms with Gasteiger partial charge in [0.2, 0.25) is 5.91 Å². The van der Waals surface area contributed by atoms with Gasteiger partial charge in [-0.1, -0.05) is 12.1 Å². The maximum absolute atomic E-state index is 13.1. The average molecular weight is 377 g/mol. The summed E-state index contributed by atoms with van der Waals surface area (Å²) in [5.41, 5.74) is 6.22. The molecule has 8 heteroatoms. The first-order valence-electron chi connectivity index (χ1n) is 8.97. The van der Waals surface area contributed by atoms with Crippen LogP contribution in [0.5, 0.6) is 0 Å². The number of hydrogen-bond acceptors (Lipinski definition) is 4. The molecular weight excluding hydrogens is 352 g/mol. The fraction of sp³-hybridized carbons (Fsp3) is 0.556. The third-order valence-corrected chi connectivity index (χ3v) is 8.10. The molecular formula is C18H25N4O3S. The maximum Gasteiger partial charge on any atom is 0.305 e. The van der Waals surface area contributed by atoms with Crippen molar-refractivity contribution in [2.24, 2.45) is 5.73 Å². The van der Waals surface area contributed by atoms with Crippen LogP contribution in [0.15, 0.2) is 24.3 Å². The zero-order valence-electron chi connectivity index (χ0n) is 15.2. The van der Waals surface area contributed by atoms with Crippen molar-refractivity contribution in [1.82, 2.24) is 9.21 Å². The number of nitrogens with zero attached hydrogens (tertiary/aromatic N) is 3. The summed E-state index contributed by atoms with van der Waals surface area (Å²) >= 11 is 0. The van der Waals surface area contributed by atoms with Crippen LogP contribution in [0.25, 0.3) is 0 Å². The lowest BCUT2D eigenvalue weighted by Crippen LogP contribution is -2.59. The molecule has 4 rings (SSSR count). The quantitative estimate of drug-likeness (QED) is 0.842. The zero-order chi connectivity index (χ0) is 18.7. The lowest BCUT2D eigenvalue weighted by atomic mass is 9.88. The third-order valence-electron chi connectivity index (χ3n) is 6.13. The standard InChI is InChI=1S/C18H25N4O3S/c1-20(2)17(10-11-17)14-5-7-15(8-6-14)21-13-18(16(19)23)9-3-4-12-22(18)26(21,24)25/h5-9H,3-4,10-13H2,1-2H3,(H2,19,23)/t18-/m1/s1. The smallest absolute Gasteiger partial charge is 0.305 e. The van der Waals surface area contributed by atoms with E-state index in [1.165, 1.54) is 14.2 Å². The van der Waals surface area contributed by atoms with Gasteiger partial charge in [-0.3, -0.25) is 14.0 Å². The Kier molecular flexibility index (Phi) is 3.88. The molecule has 1 saturated carbocycles. The molecule has 1 aromatic carbocycles. The minimum atomic E-state index is -3.77. The molecule has 1 amide bonds. The van der Waals surface area contributed by atoms with Crippen LogP contribution in [-0.4, -0.2) is 56.3 Å². The van der Waals surface area contributed by atoms with Gasteiger partial charge in [-0.2, -0.15) is 12.7 Å². The van der Waals surface area contributed by atoms with Gasteiger partial charge in [0, 0.05) is 12.1 Å². The molecule has 1 radical (unpaired) electrons. The third kappa shape index (κ3) is 2.32. The molecule has 1 atom stereocenters. The van der Waals surface area contributed by atoms with Crippen molar-refractivity contribution in [3.8, 4) is 0 Å². The normalized spacial score (nSPS) is 29.6. The highest BCUT2D eigenvalue weighted by atomic mass is 32.2. The summed E-state index contributed by atoms with van der Waals surface area (Å²) in [6.07, 6.45) is 5.36. The molecule has 0 aromatic heterocycles. The Morgan fingerprint density at radius 1 is 1.19 bits per heavy atom. The van der Waals surface area contributed by atoms with E-state index < -0.39 is 21.7 Å². The first kappa shape index (κ1) is 17.8. The fourth-order valence-electron chi connectivity index (χ4n) is 4.34. The van der Waals surface area contributed by atoms with Gasteiger partial charge >= 0.3 is 10.2 Å². The molecule has 3 aliphatic rings. The molecule has 2 N–H and O–H groups in total. The number of rotatable bonds is 4. The highest BCUT2D eigenvalue weighted by Gasteiger charge is 2.59. The summed E-state index contributed by atoms with van der Waals surface area (Å²) < 4.78 is 28.7. The highest BCUT2D eigenvalue weighted by Crippen LogP contribution is 2.50. The fourth-order valence-corrected chi connectivity index (χ4v) is 6.32. The molecule has 1 aromatic rings. The van der Waals surface area contributed by atoms with Crippen LogP contribution in [0.3, 0.4) is 0 Å². The Bertz CT molecular complexity index is 832. The Balaban J connectivity index is 1.69. The predicted molar refractivity (Wildman–Crippen MR) is 99.5 cm³/mol. The van der Waals surface area contributed by atoms with E-state index in [1.54, 1.807) is 6.42 Å². The molecule has 26 heavy (non-hydrogen) atoms. The molecule has 141 valence electrons. The van der Waals surface area contributed by atoms with Gasteiger partial charge in [0.25, 0.3) is 0 Å². The van der Waals surface area contributed by atoms with Crippen molar-refractivity contribution >= 4 is 21.8 Å². The number of hydrogen-bond donors (Lipinski definition) is 1. The first-order valence-corrected chi connectivity index (χ1v) is 10.4. The minimum Gasteiger partial charge on any atom is -0.368 e. The molecule has 0 unspecified atom stereocenters. The molecule has 2 heterocycles. The number of carbonyl (C=O) groups excluding carboxylic acids is 1. The topological polar surface area (TPSA) is 86.9 Å². The van der Waals surface area contributed by atoms with Crippen molar-refractivity contribution < 1.29 is 13.2 Å². The van der Waals surface area contributed by atoms with Crippen LogP contribution < -0.4 is 10.0 Å². The summed E-state index contributed by atoms with van der Waals surface area (Å²) in [5, 5.41) is 0. The summed E-state index contributed by atoms with van der Waals surface area (Å²) in [5.74, 6) is -0.607. The van der Waals surface area contributed by atoms with Crippen LogP contribution in [0.4, 0.5) is 5.69 Å². The van der Waals surface area contributed by atoms with E-state index in [4.69, 9.17) is 5.73 Å². The van der Waals surface area contributed by atoms with Gasteiger partial charge in [-0.15, -0.1) is 0 Å². The maximum atomic E-state index is 13.1. The number of nitrogens with two attached hydrogens (primary N) is 1. The summed E-state index contributed by atoms with van der Waals surface area (Å²) in [7, 11) is 0.362. The van der Waals surface area contributed by atoms with E-state index in [2.05, 4.69) is 19.0 Å². The number of benzene rings is 1. The Morgan fingerprint density at radius 3 is 2.35 bits per heavy atom. The minimum absolute atomic E-state index is 0.0445. The van der Waals surface area contributed by atoms with E-state index in [9.17, 15) is 13.2 Å². The number of piperidine rings is 1. The number of carbonyl (C=O) groups is 1.